The molecule has 0 unspecified atom stereocenters. The van der Waals surface area contributed by atoms with E-state index < -0.39 is 11.9 Å². The second-order valence-electron chi connectivity index (χ2n) is 4.98. The largest absolute Gasteiger partial charge is 0.497 e. The Hall–Kier alpha value is -1.56. The predicted molar refractivity (Wildman–Crippen MR) is 73.7 cm³/mol. The molecule has 0 spiro atoms. The molecular formula is C15H20O5. The van der Waals surface area contributed by atoms with Crippen LogP contribution in [-0.4, -0.2) is 36.8 Å². The highest BCUT2D eigenvalue weighted by molar-refractivity contribution is 5.31. The van der Waals surface area contributed by atoms with Crippen LogP contribution >= 0.6 is 0 Å². The van der Waals surface area contributed by atoms with Crippen molar-refractivity contribution in [3.05, 3.63) is 36.6 Å². The summed E-state index contributed by atoms with van der Waals surface area (Å²) in [5.41, 5.74) is 0. The van der Waals surface area contributed by atoms with E-state index in [-0.39, 0.29) is 6.10 Å². The second kappa shape index (κ2) is 6.26. The van der Waals surface area contributed by atoms with Crippen LogP contribution in [0.1, 0.15) is 13.8 Å². The van der Waals surface area contributed by atoms with E-state index in [4.69, 9.17) is 18.9 Å². The van der Waals surface area contributed by atoms with Crippen molar-refractivity contribution in [3.8, 4) is 11.5 Å². The fourth-order valence-corrected chi connectivity index (χ4v) is 1.86. The third-order valence-corrected chi connectivity index (χ3v) is 2.95. The van der Waals surface area contributed by atoms with Crippen LogP contribution in [-0.2, 0) is 9.47 Å². The summed E-state index contributed by atoms with van der Waals surface area (Å²) < 4.78 is 21.4. The van der Waals surface area contributed by atoms with Crippen molar-refractivity contribution in [3.63, 3.8) is 0 Å². The van der Waals surface area contributed by atoms with E-state index >= 15 is 0 Å². The molecule has 1 aromatic rings. The summed E-state index contributed by atoms with van der Waals surface area (Å²) in [6.07, 6.45) is 1.84. The maximum absolute atomic E-state index is 9.95. The standard InChI is InChI=1S/C15H20O5/c1-15(2)19-10-14(20-15)13(16)8-9-18-12-6-4-11(17-3)5-7-12/h4-9,13-14,16H,10H2,1-3H3/b9-8+/t13-,14+/m0/s1. The van der Waals surface area contributed by atoms with Crippen LogP contribution in [0.25, 0.3) is 0 Å². The zero-order chi connectivity index (χ0) is 14.6. The molecule has 0 saturated carbocycles. The maximum atomic E-state index is 9.95. The molecule has 20 heavy (non-hydrogen) atoms. The van der Waals surface area contributed by atoms with Crippen LogP contribution in [0, 0.1) is 0 Å². The van der Waals surface area contributed by atoms with E-state index in [0.717, 1.165) is 5.75 Å². The van der Waals surface area contributed by atoms with Crippen molar-refractivity contribution >= 4 is 0 Å². The number of methoxy groups -OCH3 is 1. The van der Waals surface area contributed by atoms with Crippen molar-refractivity contribution in [2.45, 2.75) is 31.8 Å². The van der Waals surface area contributed by atoms with Crippen molar-refractivity contribution in [2.75, 3.05) is 13.7 Å². The molecule has 0 aromatic heterocycles. The number of benzene rings is 1. The molecule has 5 nitrogen and oxygen atoms in total. The van der Waals surface area contributed by atoms with E-state index in [1.54, 1.807) is 37.5 Å². The van der Waals surface area contributed by atoms with E-state index in [1.165, 1.54) is 6.26 Å². The van der Waals surface area contributed by atoms with Gasteiger partial charge in [0.25, 0.3) is 0 Å². The SMILES string of the molecule is COc1ccc(O/C=C/[C@H](O)[C@H]2COC(C)(C)O2)cc1. The van der Waals surface area contributed by atoms with E-state index in [1.807, 2.05) is 13.8 Å². The van der Waals surface area contributed by atoms with Crippen molar-refractivity contribution in [1.29, 1.82) is 0 Å². The molecule has 5 heteroatoms. The molecule has 1 N–H and O–H groups in total. The average Bonchev–Trinajstić information content (AvgIpc) is 2.80. The van der Waals surface area contributed by atoms with Crippen molar-refractivity contribution in [2.24, 2.45) is 0 Å². The first kappa shape index (κ1) is 14.8. The number of aliphatic hydroxyl groups excluding tert-OH is 1. The van der Waals surface area contributed by atoms with E-state index in [2.05, 4.69) is 0 Å². The lowest BCUT2D eigenvalue weighted by Crippen LogP contribution is -2.29. The summed E-state index contributed by atoms with van der Waals surface area (Å²) in [7, 11) is 1.61. The third-order valence-electron chi connectivity index (χ3n) is 2.95. The van der Waals surface area contributed by atoms with Gasteiger partial charge in [0.2, 0.25) is 0 Å². The Morgan fingerprint density at radius 3 is 2.50 bits per heavy atom. The quantitative estimate of drug-likeness (QED) is 0.837. The number of ether oxygens (including phenoxy) is 4. The van der Waals surface area contributed by atoms with Gasteiger partial charge in [0.1, 0.15) is 23.7 Å². The number of aliphatic hydroxyl groups is 1. The van der Waals surface area contributed by atoms with Gasteiger partial charge < -0.3 is 24.1 Å². The van der Waals surface area contributed by atoms with Crippen LogP contribution in [0.5, 0.6) is 11.5 Å². The van der Waals surface area contributed by atoms with Gasteiger partial charge in [-0.3, -0.25) is 0 Å². The van der Waals surface area contributed by atoms with Crippen LogP contribution in [0.15, 0.2) is 36.6 Å². The first-order chi connectivity index (χ1) is 9.50. The van der Waals surface area contributed by atoms with Gasteiger partial charge in [-0.15, -0.1) is 0 Å². The number of rotatable bonds is 5. The molecule has 1 heterocycles. The van der Waals surface area contributed by atoms with Gasteiger partial charge in [0.05, 0.1) is 20.0 Å². The van der Waals surface area contributed by atoms with Gasteiger partial charge >= 0.3 is 0 Å². The molecule has 2 atom stereocenters. The van der Waals surface area contributed by atoms with Crippen molar-refractivity contribution in [1.82, 2.24) is 0 Å². The summed E-state index contributed by atoms with van der Waals surface area (Å²) in [6.45, 7) is 4.00. The Morgan fingerprint density at radius 1 is 1.30 bits per heavy atom. The van der Waals surface area contributed by atoms with Crippen LogP contribution in [0.4, 0.5) is 0 Å². The van der Waals surface area contributed by atoms with Gasteiger partial charge in [-0.05, 0) is 44.2 Å². The molecule has 1 aromatic carbocycles. The van der Waals surface area contributed by atoms with Gasteiger partial charge in [-0.1, -0.05) is 0 Å². The lowest BCUT2D eigenvalue weighted by Gasteiger charge is -2.18. The first-order valence-corrected chi connectivity index (χ1v) is 6.47. The minimum atomic E-state index is -0.768. The smallest absolute Gasteiger partial charge is 0.163 e. The highest BCUT2D eigenvalue weighted by Gasteiger charge is 2.35. The van der Waals surface area contributed by atoms with Gasteiger partial charge in [-0.25, -0.2) is 0 Å². The van der Waals surface area contributed by atoms with E-state index in [9.17, 15) is 5.11 Å². The first-order valence-electron chi connectivity index (χ1n) is 6.47. The molecular weight excluding hydrogens is 260 g/mol. The molecule has 1 aliphatic heterocycles. The molecule has 0 bridgehead atoms. The lowest BCUT2D eigenvalue weighted by atomic mass is 10.2. The highest BCUT2D eigenvalue weighted by Crippen LogP contribution is 2.24. The normalized spacial score (nSPS) is 22.9. The highest BCUT2D eigenvalue weighted by atomic mass is 16.7. The van der Waals surface area contributed by atoms with Crippen LogP contribution in [0.2, 0.25) is 0 Å². The summed E-state index contributed by atoms with van der Waals surface area (Å²) in [5.74, 6) is 0.786. The lowest BCUT2D eigenvalue weighted by molar-refractivity contribution is -0.147. The molecule has 0 radical (unpaired) electrons. The number of hydrogen-bond acceptors (Lipinski definition) is 5. The molecule has 0 aliphatic carbocycles. The number of hydrogen-bond donors (Lipinski definition) is 1. The van der Waals surface area contributed by atoms with E-state index in [0.29, 0.717) is 12.4 Å². The zero-order valence-corrected chi connectivity index (χ0v) is 11.9. The Labute approximate surface area is 118 Å². The average molecular weight is 280 g/mol. The predicted octanol–water partition coefficient (Wildman–Crippen LogP) is 2.10. The minimum absolute atomic E-state index is 0.362. The monoisotopic (exact) mass is 280 g/mol. The Balaban J connectivity index is 1.83. The van der Waals surface area contributed by atoms with Crippen LogP contribution in [0.3, 0.4) is 0 Å². The fraction of sp³-hybridized carbons (Fsp3) is 0.467. The van der Waals surface area contributed by atoms with Gasteiger partial charge in [0, 0.05) is 0 Å². The second-order valence-corrected chi connectivity index (χ2v) is 4.98. The fourth-order valence-electron chi connectivity index (χ4n) is 1.86. The Morgan fingerprint density at radius 2 is 1.95 bits per heavy atom. The van der Waals surface area contributed by atoms with Gasteiger partial charge in [0.15, 0.2) is 5.79 Å². The molecule has 0 amide bonds. The Bertz CT molecular complexity index is 452. The summed E-state index contributed by atoms with van der Waals surface area (Å²) in [4.78, 5) is 0. The molecule has 1 saturated heterocycles. The zero-order valence-electron chi connectivity index (χ0n) is 11.9. The third kappa shape index (κ3) is 3.96. The Kier molecular flexibility index (Phi) is 4.65. The molecule has 1 fully saturated rings. The van der Waals surface area contributed by atoms with Gasteiger partial charge in [-0.2, -0.15) is 0 Å². The topological polar surface area (TPSA) is 57.2 Å². The summed E-state index contributed by atoms with van der Waals surface area (Å²) >= 11 is 0. The summed E-state index contributed by atoms with van der Waals surface area (Å²) in [6, 6.07) is 7.17. The summed E-state index contributed by atoms with van der Waals surface area (Å²) in [5, 5.41) is 9.95. The van der Waals surface area contributed by atoms with Crippen molar-refractivity contribution < 1.29 is 24.1 Å². The van der Waals surface area contributed by atoms with Crippen LogP contribution < -0.4 is 9.47 Å². The minimum Gasteiger partial charge on any atom is -0.497 e. The molecule has 2 rings (SSSR count). The molecule has 1 aliphatic rings. The molecule has 110 valence electrons. The maximum Gasteiger partial charge on any atom is 0.163 e.